The highest BCUT2D eigenvalue weighted by atomic mass is 79.9. The topological polar surface area (TPSA) is 29.5 Å². The molecular weight excluding hydrogens is 292 g/mol. The number of ether oxygens (including phenoxy) is 1. The van der Waals surface area contributed by atoms with Gasteiger partial charge in [0.15, 0.2) is 0 Å². The zero-order valence-electron chi connectivity index (χ0n) is 10.9. The molecule has 2 atom stereocenters. The van der Waals surface area contributed by atoms with E-state index in [2.05, 4.69) is 15.9 Å². The van der Waals surface area contributed by atoms with Crippen molar-refractivity contribution in [2.24, 2.45) is 0 Å². The Morgan fingerprint density at radius 1 is 1.50 bits per heavy atom. The molecule has 18 heavy (non-hydrogen) atoms. The van der Waals surface area contributed by atoms with Gasteiger partial charge in [0.1, 0.15) is 0 Å². The fourth-order valence-electron chi connectivity index (χ4n) is 2.51. The molecule has 100 valence electrons. The van der Waals surface area contributed by atoms with Gasteiger partial charge < -0.3 is 9.84 Å². The molecule has 0 amide bonds. The maximum atomic E-state index is 10.5. The van der Waals surface area contributed by atoms with Gasteiger partial charge in [0.2, 0.25) is 0 Å². The molecule has 0 aromatic heterocycles. The van der Waals surface area contributed by atoms with Crippen LogP contribution in [0.25, 0.3) is 0 Å². The van der Waals surface area contributed by atoms with Crippen molar-refractivity contribution in [3.63, 3.8) is 0 Å². The van der Waals surface area contributed by atoms with Crippen LogP contribution in [0.1, 0.15) is 44.6 Å². The molecule has 0 aliphatic carbocycles. The third kappa shape index (κ3) is 3.81. The summed E-state index contributed by atoms with van der Waals surface area (Å²) in [6.45, 7) is 2.80. The van der Waals surface area contributed by atoms with E-state index in [1.165, 1.54) is 12.8 Å². The van der Waals surface area contributed by atoms with Crippen molar-refractivity contribution in [1.82, 2.24) is 0 Å². The van der Waals surface area contributed by atoms with E-state index < -0.39 is 5.60 Å². The Balaban J connectivity index is 1.86. The van der Waals surface area contributed by atoms with Gasteiger partial charge in [-0.1, -0.05) is 28.1 Å². The lowest BCUT2D eigenvalue weighted by atomic mass is 9.90. The summed E-state index contributed by atoms with van der Waals surface area (Å²) in [6.07, 6.45) is 5.63. The first-order valence-electron chi connectivity index (χ1n) is 6.68. The standard InChI is InChI=1S/C15H21BrO2/c1-15(17,12-5-2-6-13(16)11-12)9-3-7-14-8-4-10-18-14/h2,5-6,11,14,17H,3-4,7-10H2,1H3. The van der Waals surface area contributed by atoms with Crippen LogP contribution in [-0.4, -0.2) is 17.8 Å². The van der Waals surface area contributed by atoms with E-state index in [1.54, 1.807) is 0 Å². The molecule has 2 rings (SSSR count). The Kier molecular flexibility index (Phi) is 4.82. The highest BCUT2D eigenvalue weighted by Gasteiger charge is 2.24. The monoisotopic (exact) mass is 312 g/mol. The van der Waals surface area contributed by atoms with Crippen molar-refractivity contribution >= 4 is 15.9 Å². The molecule has 1 aromatic carbocycles. The van der Waals surface area contributed by atoms with Crippen molar-refractivity contribution in [1.29, 1.82) is 0 Å². The fraction of sp³-hybridized carbons (Fsp3) is 0.600. The number of rotatable bonds is 5. The molecule has 2 nitrogen and oxygen atoms in total. The number of halogens is 1. The van der Waals surface area contributed by atoms with Gasteiger partial charge >= 0.3 is 0 Å². The largest absolute Gasteiger partial charge is 0.385 e. The zero-order valence-corrected chi connectivity index (χ0v) is 12.4. The molecule has 3 heteroatoms. The first-order valence-corrected chi connectivity index (χ1v) is 7.47. The second-order valence-electron chi connectivity index (χ2n) is 5.31. The van der Waals surface area contributed by atoms with Crippen LogP contribution in [0.5, 0.6) is 0 Å². The maximum absolute atomic E-state index is 10.5. The Morgan fingerprint density at radius 2 is 2.33 bits per heavy atom. The predicted octanol–water partition coefficient (Wildman–Crippen LogP) is 4.01. The van der Waals surface area contributed by atoms with Gasteiger partial charge in [-0.25, -0.2) is 0 Å². The van der Waals surface area contributed by atoms with Crippen LogP contribution in [0.4, 0.5) is 0 Å². The lowest BCUT2D eigenvalue weighted by Gasteiger charge is -2.24. The summed E-state index contributed by atoms with van der Waals surface area (Å²) in [4.78, 5) is 0. The lowest BCUT2D eigenvalue weighted by Crippen LogP contribution is -2.21. The van der Waals surface area contributed by atoms with E-state index in [-0.39, 0.29) is 0 Å². The third-order valence-electron chi connectivity index (χ3n) is 3.66. The Morgan fingerprint density at radius 3 is 3.00 bits per heavy atom. The Hall–Kier alpha value is -0.380. The molecule has 1 aliphatic heterocycles. The van der Waals surface area contributed by atoms with E-state index in [0.717, 1.165) is 35.9 Å². The summed E-state index contributed by atoms with van der Waals surface area (Å²) >= 11 is 3.45. The number of hydrogen-bond acceptors (Lipinski definition) is 2. The average molecular weight is 313 g/mol. The van der Waals surface area contributed by atoms with Crippen molar-refractivity contribution < 1.29 is 9.84 Å². The molecular formula is C15H21BrO2. The molecule has 2 unspecified atom stereocenters. The number of benzene rings is 1. The number of hydrogen-bond donors (Lipinski definition) is 1. The van der Waals surface area contributed by atoms with Gasteiger partial charge in [-0.15, -0.1) is 0 Å². The van der Waals surface area contributed by atoms with Gasteiger partial charge in [0, 0.05) is 11.1 Å². The van der Waals surface area contributed by atoms with E-state index >= 15 is 0 Å². The normalized spacial score (nSPS) is 22.9. The first-order chi connectivity index (χ1) is 8.58. The fourth-order valence-corrected chi connectivity index (χ4v) is 2.91. The number of aliphatic hydroxyl groups is 1. The van der Waals surface area contributed by atoms with Crippen LogP contribution in [0.15, 0.2) is 28.7 Å². The second-order valence-corrected chi connectivity index (χ2v) is 6.23. The van der Waals surface area contributed by atoms with E-state index in [4.69, 9.17) is 4.74 Å². The smallest absolute Gasteiger partial charge is 0.0868 e. The summed E-state index contributed by atoms with van der Waals surface area (Å²) in [6, 6.07) is 7.92. The van der Waals surface area contributed by atoms with Crippen LogP contribution >= 0.6 is 15.9 Å². The van der Waals surface area contributed by atoms with Gasteiger partial charge in [0.05, 0.1) is 11.7 Å². The molecule has 0 spiro atoms. The summed E-state index contributed by atoms with van der Waals surface area (Å²) in [7, 11) is 0. The van der Waals surface area contributed by atoms with Crippen molar-refractivity contribution in [2.45, 2.75) is 50.7 Å². The van der Waals surface area contributed by atoms with Crippen molar-refractivity contribution in [3.8, 4) is 0 Å². The summed E-state index contributed by atoms with van der Waals surface area (Å²) < 4.78 is 6.62. The summed E-state index contributed by atoms with van der Waals surface area (Å²) in [5.41, 5.74) is 0.228. The Bertz CT molecular complexity index is 384. The van der Waals surface area contributed by atoms with Crippen LogP contribution < -0.4 is 0 Å². The van der Waals surface area contributed by atoms with Gasteiger partial charge in [-0.3, -0.25) is 0 Å². The molecule has 0 bridgehead atoms. The first kappa shape index (κ1) is 14.0. The molecule has 1 heterocycles. The highest BCUT2D eigenvalue weighted by Crippen LogP contribution is 2.29. The van der Waals surface area contributed by atoms with E-state index in [1.807, 2.05) is 31.2 Å². The highest BCUT2D eigenvalue weighted by molar-refractivity contribution is 9.10. The van der Waals surface area contributed by atoms with Crippen molar-refractivity contribution in [3.05, 3.63) is 34.3 Å². The van der Waals surface area contributed by atoms with Gasteiger partial charge in [0.25, 0.3) is 0 Å². The molecule has 1 saturated heterocycles. The molecule has 1 aliphatic rings. The maximum Gasteiger partial charge on any atom is 0.0868 e. The summed E-state index contributed by atoms with van der Waals surface area (Å²) in [5.74, 6) is 0. The molecule has 0 radical (unpaired) electrons. The SMILES string of the molecule is CC(O)(CCCC1CCCO1)c1cccc(Br)c1. The van der Waals surface area contributed by atoms with Crippen LogP contribution in [0.2, 0.25) is 0 Å². The van der Waals surface area contributed by atoms with Crippen LogP contribution in [-0.2, 0) is 10.3 Å². The molecule has 1 N–H and O–H groups in total. The minimum absolute atomic E-state index is 0.420. The van der Waals surface area contributed by atoms with E-state index in [9.17, 15) is 5.11 Å². The third-order valence-corrected chi connectivity index (χ3v) is 4.15. The Labute approximate surface area is 117 Å². The lowest BCUT2D eigenvalue weighted by molar-refractivity contribution is 0.0371. The summed E-state index contributed by atoms with van der Waals surface area (Å²) in [5, 5.41) is 10.5. The van der Waals surface area contributed by atoms with Gasteiger partial charge in [-0.2, -0.15) is 0 Å². The average Bonchev–Trinajstić information content (AvgIpc) is 2.82. The zero-order chi connectivity index (χ0) is 13.0. The predicted molar refractivity (Wildman–Crippen MR) is 76.5 cm³/mol. The van der Waals surface area contributed by atoms with E-state index in [0.29, 0.717) is 6.10 Å². The van der Waals surface area contributed by atoms with Gasteiger partial charge in [-0.05, 0) is 56.7 Å². The molecule has 1 aromatic rings. The second kappa shape index (κ2) is 6.18. The van der Waals surface area contributed by atoms with Crippen LogP contribution in [0.3, 0.4) is 0 Å². The minimum atomic E-state index is -0.748. The quantitative estimate of drug-likeness (QED) is 0.890. The minimum Gasteiger partial charge on any atom is -0.385 e. The van der Waals surface area contributed by atoms with Crippen LogP contribution in [0, 0.1) is 0 Å². The van der Waals surface area contributed by atoms with Crippen molar-refractivity contribution in [2.75, 3.05) is 6.61 Å². The molecule has 0 saturated carbocycles. The molecule has 1 fully saturated rings.